The molecule has 41 heavy (non-hydrogen) atoms. The molecule has 0 aromatic rings. The van der Waals surface area contributed by atoms with Gasteiger partial charge in [-0.15, -0.1) is 16.5 Å². The first kappa shape index (κ1) is 34.0. The largest absolute Gasteiger partial charge is 0.462 e. The number of carbonyl (C=O) groups excluding carboxylic acids is 2. The molecule has 1 heterocycles. The van der Waals surface area contributed by atoms with Crippen molar-refractivity contribution in [2.24, 2.45) is 34.4 Å². The summed E-state index contributed by atoms with van der Waals surface area (Å²) >= 11 is 7.00. The summed E-state index contributed by atoms with van der Waals surface area (Å²) in [4.78, 5) is 43.2. The highest BCUT2D eigenvalue weighted by Gasteiger charge is 2.61. The lowest BCUT2D eigenvalue weighted by Gasteiger charge is -2.54. The molecular formula is C31H52ClNO7Si. The fraction of sp³-hybridized carbons (Fsp3) is 0.871. The van der Waals surface area contributed by atoms with Crippen LogP contribution in [-0.2, 0) is 28.3 Å². The van der Waals surface area contributed by atoms with E-state index in [0.717, 1.165) is 0 Å². The fourth-order valence-electron chi connectivity index (χ4n) is 6.43. The van der Waals surface area contributed by atoms with Gasteiger partial charge < -0.3 is 18.7 Å². The SMILES string of the molecule is CCC(C)(C)C(=O)O[C@H]1C[C@@H](C)[C@H](Cl)[C@]2(ON=O)C=C[C@H](C)[C@H](CC[C@@H]3C[C@@H](O[Si](C)(C)C(C)(C)C)CC(=O)O3)[C@@H]12. The standard InChI is InChI=1S/C31H52ClNO7Si/c1-11-30(7,8)28(35)38-24-16-20(3)27(32)31(40-33-36)15-14-19(2)23(26(24)31)13-12-21-17-22(18-25(34)37-21)39-41(9,10)29(4,5)6/h14-15,19-24,26-27H,11-13,16-18H2,1-10H3/t19-,20+,21+,22+,23-,24-,26-,27-,31-/m0/s1. The van der Waals surface area contributed by atoms with Gasteiger partial charge in [0.1, 0.15) is 12.2 Å². The van der Waals surface area contributed by atoms with E-state index < -0.39 is 30.8 Å². The highest BCUT2D eigenvalue weighted by molar-refractivity contribution is 6.74. The Hall–Kier alpha value is -1.45. The number of ether oxygens (including phenoxy) is 2. The van der Waals surface area contributed by atoms with Crippen LogP contribution in [0.5, 0.6) is 0 Å². The van der Waals surface area contributed by atoms with E-state index in [1.165, 1.54) is 0 Å². The van der Waals surface area contributed by atoms with Crippen LogP contribution in [0.25, 0.3) is 0 Å². The smallest absolute Gasteiger partial charge is 0.311 e. The molecule has 10 heteroatoms. The number of allylic oxidation sites excluding steroid dienone is 1. The topological polar surface area (TPSA) is 100 Å². The van der Waals surface area contributed by atoms with Crippen LogP contribution in [-0.4, -0.2) is 49.5 Å². The molecule has 0 aromatic heterocycles. The minimum atomic E-state index is -2.05. The number of cyclic esters (lactones) is 1. The Kier molecular flexibility index (Phi) is 10.5. The minimum Gasteiger partial charge on any atom is -0.462 e. The van der Waals surface area contributed by atoms with Gasteiger partial charge in [-0.05, 0) is 81.5 Å². The van der Waals surface area contributed by atoms with Crippen molar-refractivity contribution in [1.29, 1.82) is 0 Å². The normalized spacial score (nSPS) is 36.2. The molecule has 1 saturated heterocycles. The van der Waals surface area contributed by atoms with Crippen LogP contribution in [0.15, 0.2) is 17.5 Å². The van der Waals surface area contributed by atoms with Crippen molar-refractivity contribution >= 4 is 31.9 Å². The summed E-state index contributed by atoms with van der Waals surface area (Å²) in [7, 11) is -2.05. The maximum Gasteiger partial charge on any atom is 0.311 e. The third kappa shape index (κ3) is 7.20. The van der Waals surface area contributed by atoms with E-state index in [4.69, 9.17) is 30.3 Å². The zero-order valence-electron chi connectivity index (χ0n) is 26.7. The molecule has 0 aromatic carbocycles. The molecule has 3 aliphatic rings. The summed E-state index contributed by atoms with van der Waals surface area (Å²) in [6.07, 6.45) is 6.37. The van der Waals surface area contributed by atoms with Gasteiger partial charge in [-0.2, -0.15) is 0 Å². The Bertz CT molecular complexity index is 995. The Balaban J connectivity index is 1.87. The molecule has 1 saturated carbocycles. The van der Waals surface area contributed by atoms with E-state index in [9.17, 15) is 14.5 Å². The number of fused-ring (bicyclic) bond motifs is 1. The highest BCUT2D eigenvalue weighted by atomic mass is 35.5. The monoisotopic (exact) mass is 613 g/mol. The number of carbonyl (C=O) groups is 2. The van der Waals surface area contributed by atoms with Crippen LogP contribution in [0.4, 0.5) is 0 Å². The number of rotatable bonds is 10. The first-order valence-corrected chi connectivity index (χ1v) is 18.7. The average molecular weight is 614 g/mol. The molecule has 9 atom stereocenters. The molecule has 8 nitrogen and oxygen atoms in total. The predicted molar refractivity (Wildman–Crippen MR) is 163 cm³/mol. The molecule has 0 spiro atoms. The molecule has 0 unspecified atom stereocenters. The van der Waals surface area contributed by atoms with Crippen LogP contribution in [0.2, 0.25) is 18.1 Å². The van der Waals surface area contributed by atoms with Crippen molar-refractivity contribution in [3.8, 4) is 0 Å². The second kappa shape index (κ2) is 12.6. The number of nitrogens with zero attached hydrogens (tertiary/aromatic N) is 1. The Morgan fingerprint density at radius 2 is 1.83 bits per heavy atom. The summed E-state index contributed by atoms with van der Waals surface area (Å²) < 4.78 is 18.7. The van der Waals surface area contributed by atoms with Gasteiger partial charge in [-0.1, -0.05) is 47.6 Å². The van der Waals surface area contributed by atoms with E-state index in [2.05, 4.69) is 46.1 Å². The zero-order chi connectivity index (χ0) is 31.0. The summed E-state index contributed by atoms with van der Waals surface area (Å²) in [5.74, 6) is -0.910. The van der Waals surface area contributed by atoms with Gasteiger partial charge in [0.05, 0.1) is 23.3 Å². The first-order chi connectivity index (χ1) is 18.9. The number of hydrogen-bond donors (Lipinski definition) is 0. The lowest BCUT2D eigenvalue weighted by molar-refractivity contribution is -0.192. The van der Waals surface area contributed by atoms with Crippen molar-refractivity contribution in [3.63, 3.8) is 0 Å². The molecule has 0 amide bonds. The van der Waals surface area contributed by atoms with Crippen molar-refractivity contribution in [3.05, 3.63) is 17.1 Å². The van der Waals surface area contributed by atoms with Crippen molar-refractivity contribution in [2.45, 2.75) is 141 Å². The van der Waals surface area contributed by atoms with Crippen LogP contribution >= 0.6 is 11.6 Å². The molecule has 2 fully saturated rings. The summed E-state index contributed by atoms with van der Waals surface area (Å²) in [6, 6.07) is 0. The van der Waals surface area contributed by atoms with E-state index in [-0.39, 0.29) is 59.3 Å². The Morgan fingerprint density at radius 3 is 2.41 bits per heavy atom. The van der Waals surface area contributed by atoms with Gasteiger partial charge in [0.15, 0.2) is 19.3 Å². The lowest BCUT2D eigenvalue weighted by Crippen LogP contribution is -2.63. The molecule has 0 radical (unpaired) electrons. The molecule has 234 valence electrons. The molecule has 1 aliphatic heterocycles. The Morgan fingerprint density at radius 1 is 1.17 bits per heavy atom. The number of hydrogen-bond acceptors (Lipinski definition) is 8. The van der Waals surface area contributed by atoms with Gasteiger partial charge in [-0.3, -0.25) is 9.59 Å². The minimum absolute atomic E-state index is 0.0403. The number of alkyl halides is 1. The quantitative estimate of drug-likeness (QED) is 0.0620. The van der Waals surface area contributed by atoms with Crippen LogP contribution in [0.1, 0.15) is 93.9 Å². The maximum atomic E-state index is 13.3. The first-order valence-electron chi connectivity index (χ1n) is 15.3. The highest BCUT2D eigenvalue weighted by Crippen LogP contribution is 2.54. The van der Waals surface area contributed by atoms with Gasteiger partial charge in [0, 0.05) is 12.3 Å². The zero-order valence-corrected chi connectivity index (χ0v) is 28.5. The van der Waals surface area contributed by atoms with Crippen LogP contribution in [0, 0.1) is 34.0 Å². The van der Waals surface area contributed by atoms with Crippen molar-refractivity contribution in [1.82, 2.24) is 0 Å². The molecule has 2 aliphatic carbocycles. The fourth-order valence-corrected chi connectivity index (χ4v) is 8.16. The van der Waals surface area contributed by atoms with Gasteiger partial charge in [0.25, 0.3) is 0 Å². The second-order valence-corrected chi connectivity index (χ2v) is 20.1. The van der Waals surface area contributed by atoms with Gasteiger partial charge in [0.2, 0.25) is 0 Å². The van der Waals surface area contributed by atoms with Gasteiger partial charge >= 0.3 is 11.9 Å². The number of halogens is 1. The summed E-state index contributed by atoms with van der Waals surface area (Å²) in [5.41, 5.74) is -1.84. The lowest BCUT2D eigenvalue weighted by atomic mass is 9.58. The molecule has 0 bridgehead atoms. The molecular weight excluding hydrogens is 562 g/mol. The molecule has 3 rings (SSSR count). The van der Waals surface area contributed by atoms with E-state index in [1.54, 1.807) is 0 Å². The molecule has 0 N–H and O–H groups in total. The third-order valence-corrected chi connectivity index (χ3v) is 15.8. The van der Waals surface area contributed by atoms with E-state index in [1.807, 2.05) is 39.8 Å². The van der Waals surface area contributed by atoms with Crippen molar-refractivity contribution in [2.75, 3.05) is 0 Å². The third-order valence-electron chi connectivity index (χ3n) is 10.5. The van der Waals surface area contributed by atoms with Crippen molar-refractivity contribution < 1.29 is 28.3 Å². The predicted octanol–water partition coefficient (Wildman–Crippen LogP) is 7.73. The summed E-state index contributed by atoms with van der Waals surface area (Å²) in [6.45, 7) is 20.8. The van der Waals surface area contributed by atoms with E-state index in [0.29, 0.717) is 32.1 Å². The number of esters is 2. The van der Waals surface area contributed by atoms with Gasteiger partial charge in [-0.25, -0.2) is 0 Å². The average Bonchev–Trinajstić information content (AvgIpc) is 2.86. The van der Waals surface area contributed by atoms with Crippen LogP contribution < -0.4 is 0 Å². The summed E-state index contributed by atoms with van der Waals surface area (Å²) in [5, 5.41) is 2.39. The maximum absolute atomic E-state index is 13.3. The van der Waals surface area contributed by atoms with Crippen LogP contribution in [0.3, 0.4) is 0 Å². The van der Waals surface area contributed by atoms with E-state index >= 15 is 0 Å². The second-order valence-electron chi connectivity index (χ2n) is 14.9. The Labute approximate surface area is 252 Å².